The molecule has 0 saturated carbocycles. The molecular formula is C22H23F2N7O. The van der Waals surface area contributed by atoms with E-state index in [1.165, 1.54) is 12.1 Å². The maximum atomic E-state index is 14.4. The van der Waals surface area contributed by atoms with Crippen LogP contribution in [0, 0.1) is 25.5 Å². The average molecular weight is 439 g/mol. The van der Waals surface area contributed by atoms with Gasteiger partial charge in [-0.2, -0.15) is 10.1 Å². The molecule has 8 nitrogen and oxygen atoms in total. The lowest BCUT2D eigenvalue weighted by Crippen LogP contribution is -2.37. The highest BCUT2D eigenvalue weighted by Gasteiger charge is 2.21. The third kappa shape index (κ3) is 4.70. The van der Waals surface area contributed by atoms with E-state index in [1.807, 2.05) is 38.1 Å². The zero-order valence-electron chi connectivity index (χ0n) is 18.1. The molecule has 1 fully saturated rings. The van der Waals surface area contributed by atoms with Crippen molar-refractivity contribution in [3.8, 4) is 11.3 Å². The molecule has 0 bridgehead atoms. The number of aryl methyl sites for hydroxylation is 3. The van der Waals surface area contributed by atoms with Gasteiger partial charge in [-0.25, -0.2) is 23.7 Å². The maximum absolute atomic E-state index is 14.4. The SMILES string of the molecule is Cc1nc2nc(N3CCOCC3)nc(-c3ccc(F)cc3F)c2nc1C.Cn1cccn1. The molecule has 4 aromatic rings. The van der Waals surface area contributed by atoms with Crippen LogP contribution >= 0.6 is 0 Å². The van der Waals surface area contributed by atoms with Crippen molar-refractivity contribution in [3.63, 3.8) is 0 Å². The Labute approximate surface area is 183 Å². The van der Waals surface area contributed by atoms with E-state index in [0.29, 0.717) is 54.8 Å². The summed E-state index contributed by atoms with van der Waals surface area (Å²) in [4.78, 5) is 20.0. The maximum Gasteiger partial charge on any atom is 0.228 e. The molecule has 166 valence electrons. The topological polar surface area (TPSA) is 81.9 Å². The van der Waals surface area contributed by atoms with Crippen LogP contribution in [0.3, 0.4) is 0 Å². The third-order valence-corrected chi connectivity index (χ3v) is 5.05. The average Bonchev–Trinajstić information content (AvgIpc) is 3.26. The van der Waals surface area contributed by atoms with Crippen molar-refractivity contribution in [2.75, 3.05) is 31.2 Å². The number of aromatic nitrogens is 6. The molecule has 0 aliphatic carbocycles. The van der Waals surface area contributed by atoms with Crippen LogP contribution < -0.4 is 4.90 Å². The molecule has 4 heterocycles. The van der Waals surface area contributed by atoms with Crippen molar-refractivity contribution in [2.45, 2.75) is 13.8 Å². The number of hydrogen-bond donors (Lipinski definition) is 0. The number of ether oxygens (including phenoxy) is 1. The molecule has 1 aliphatic heterocycles. The first-order valence-electron chi connectivity index (χ1n) is 10.2. The summed E-state index contributed by atoms with van der Waals surface area (Å²) in [5.74, 6) is -0.897. The Bertz CT molecular complexity index is 1220. The van der Waals surface area contributed by atoms with Gasteiger partial charge in [0.15, 0.2) is 5.65 Å². The number of halogens is 2. The second-order valence-electron chi connectivity index (χ2n) is 7.34. The molecule has 0 N–H and O–H groups in total. The van der Waals surface area contributed by atoms with Gasteiger partial charge in [-0.3, -0.25) is 4.68 Å². The molecule has 10 heteroatoms. The van der Waals surface area contributed by atoms with Crippen LogP contribution in [0.15, 0.2) is 36.7 Å². The number of nitrogens with zero attached hydrogens (tertiary/aromatic N) is 7. The van der Waals surface area contributed by atoms with Crippen LogP contribution in [-0.4, -0.2) is 56.0 Å². The minimum absolute atomic E-state index is 0.172. The largest absolute Gasteiger partial charge is 0.378 e. The van der Waals surface area contributed by atoms with Crippen molar-refractivity contribution in [1.29, 1.82) is 0 Å². The Balaban J connectivity index is 0.000000354. The molecule has 3 aromatic heterocycles. The molecular weight excluding hydrogens is 416 g/mol. The lowest BCUT2D eigenvalue weighted by atomic mass is 10.1. The minimum atomic E-state index is -0.696. The summed E-state index contributed by atoms with van der Waals surface area (Å²) in [5.41, 5.74) is 2.73. The number of benzene rings is 1. The summed E-state index contributed by atoms with van der Waals surface area (Å²) in [6.45, 7) is 6.07. The van der Waals surface area contributed by atoms with Crippen molar-refractivity contribution >= 4 is 17.1 Å². The quantitative estimate of drug-likeness (QED) is 0.474. The van der Waals surface area contributed by atoms with Gasteiger partial charge in [0.25, 0.3) is 0 Å². The van der Waals surface area contributed by atoms with Gasteiger partial charge in [0.2, 0.25) is 5.95 Å². The predicted molar refractivity (Wildman–Crippen MR) is 116 cm³/mol. The Morgan fingerprint density at radius 3 is 2.34 bits per heavy atom. The lowest BCUT2D eigenvalue weighted by Gasteiger charge is -2.27. The number of fused-ring (bicyclic) bond motifs is 1. The van der Waals surface area contributed by atoms with Gasteiger partial charge in [0.1, 0.15) is 22.8 Å². The van der Waals surface area contributed by atoms with E-state index in [0.717, 1.165) is 11.8 Å². The summed E-state index contributed by atoms with van der Waals surface area (Å²) in [6, 6.07) is 5.30. The van der Waals surface area contributed by atoms with Crippen LogP contribution in [0.2, 0.25) is 0 Å². The van der Waals surface area contributed by atoms with Crippen LogP contribution in [-0.2, 0) is 11.8 Å². The minimum Gasteiger partial charge on any atom is -0.378 e. The molecule has 0 radical (unpaired) electrons. The van der Waals surface area contributed by atoms with E-state index < -0.39 is 11.6 Å². The highest BCUT2D eigenvalue weighted by atomic mass is 19.1. The van der Waals surface area contributed by atoms with E-state index in [9.17, 15) is 8.78 Å². The first-order valence-corrected chi connectivity index (χ1v) is 10.2. The van der Waals surface area contributed by atoms with E-state index in [1.54, 1.807) is 10.9 Å². The summed E-state index contributed by atoms with van der Waals surface area (Å²) in [7, 11) is 1.89. The lowest BCUT2D eigenvalue weighted by molar-refractivity contribution is 0.122. The van der Waals surface area contributed by atoms with Crippen molar-refractivity contribution < 1.29 is 13.5 Å². The molecule has 0 amide bonds. The fourth-order valence-electron chi connectivity index (χ4n) is 3.22. The fraction of sp³-hybridized carbons (Fsp3) is 0.318. The Morgan fingerprint density at radius 2 is 1.72 bits per heavy atom. The highest BCUT2D eigenvalue weighted by Crippen LogP contribution is 2.29. The smallest absolute Gasteiger partial charge is 0.228 e. The van der Waals surface area contributed by atoms with E-state index in [4.69, 9.17) is 4.74 Å². The molecule has 0 unspecified atom stereocenters. The zero-order chi connectivity index (χ0) is 22.7. The molecule has 32 heavy (non-hydrogen) atoms. The van der Waals surface area contributed by atoms with E-state index >= 15 is 0 Å². The summed E-state index contributed by atoms with van der Waals surface area (Å²) in [6.07, 6.45) is 3.64. The van der Waals surface area contributed by atoms with Crippen LogP contribution in [0.4, 0.5) is 14.7 Å². The predicted octanol–water partition coefficient (Wildman–Crippen LogP) is 3.24. The van der Waals surface area contributed by atoms with E-state index in [-0.39, 0.29) is 5.56 Å². The monoisotopic (exact) mass is 439 g/mol. The van der Waals surface area contributed by atoms with Crippen molar-refractivity contribution in [3.05, 3.63) is 59.7 Å². The highest BCUT2D eigenvalue weighted by molar-refractivity contribution is 5.88. The molecule has 1 saturated heterocycles. The summed E-state index contributed by atoms with van der Waals surface area (Å²) < 4.78 is 34.9. The molecule has 1 aliphatic rings. The second-order valence-corrected chi connectivity index (χ2v) is 7.34. The van der Waals surface area contributed by atoms with Gasteiger partial charge in [-0.05, 0) is 32.0 Å². The first-order chi connectivity index (χ1) is 15.4. The normalized spacial score (nSPS) is 13.7. The number of hydrogen-bond acceptors (Lipinski definition) is 7. The summed E-state index contributed by atoms with van der Waals surface area (Å²) >= 11 is 0. The van der Waals surface area contributed by atoms with Gasteiger partial charge in [0, 0.05) is 44.2 Å². The molecule has 5 rings (SSSR count). The number of morpholine rings is 1. The van der Waals surface area contributed by atoms with E-state index in [2.05, 4.69) is 25.0 Å². The van der Waals surface area contributed by atoms with Crippen molar-refractivity contribution in [1.82, 2.24) is 29.7 Å². The van der Waals surface area contributed by atoms with Crippen LogP contribution in [0.25, 0.3) is 22.4 Å². The van der Waals surface area contributed by atoms with Crippen molar-refractivity contribution in [2.24, 2.45) is 7.05 Å². The zero-order valence-corrected chi connectivity index (χ0v) is 18.1. The van der Waals surface area contributed by atoms with Crippen LogP contribution in [0.1, 0.15) is 11.4 Å². The van der Waals surface area contributed by atoms with Crippen LogP contribution in [0.5, 0.6) is 0 Å². The summed E-state index contributed by atoms with van der Waals surface area (Å²) in [5, 5.41) is 3.83. The second kappa shape index (κ2) is 9.31. The Kier molecular flexibility index (Phi) is 6.31. The van der Waals surface area contributed by atoms with Gasteiger partial charge >= 0.3 is 0 Å². The standard InChI is InChI=1S/C18H17F2N5O.C4H6N2/c1-10-11(2)22-17-16(21-10)15(13-4-3-12(19)9-14(13)20)23-18(24-17)25-5-7-26-8-6-25;1-6-4-2-3-5-6/h3-4,9H,5-8H2,1-2H3;2-4H,1H3. The molecule has 0 spiro atoms. The third-order valence-electron chi connectivity index (χ3n) is 5.05. The van der Waals surface area contributed by atoms with Gasteiger partial charge in [0.05, 0.1) is 24.6 Å². The Morgan fingerprint density at radius 1 is 0.969 bits per heavy atom. The molecule has 0 atom stereocenters. The first kappa shape index (κ1) is 21.7. The number of rotatable bonds is 2. The van der Waals surface area contributed by atoms with Gasteiger partial charge < -0.3 is 9.64 Å². The van der Waals surface area contributed by atoms with Gasteiger partial charge in [-0.15, -0.1) is 0 Å². The Hall–Kier alpha value is -3.53. The number of anilines is 1. The van der Waals surface area contributed by atoms with Gasteiger partial charge in [-0.1, -0.05) is 0 Å². The molecule has 1 aromatic carbocycles. The fourth-order valence-corrected chi connectivity index (χ4v) is 3.22.